The summed E-state index contributed by atoms with van der Waals surface area (Å²) in [7, 11) is 0. The van der Waals surface area contributed by atoms with Crippen molar-refractivity contribution in [1.29, 1.82) is 0 Å². The molecule has 0 unspecified atom stereocenters. The molecule has 1 amide bonds. The van der Waals surface area contributed by atoms with E-state index in [1.807, 2.05) is 0 Å². The van der Waals surface area contributed by atoms with Crippen LogP contribution in [-0.4, -0.2) is 26.4 Å². The van der Waals surface area contributed by atoms with Crippen molar-refractivity contribution in [2.75, 3.05) is 5.01 Å². The smallest absolute Gasteiger partial charge is 0.277 e. The normalized spacial score (nSPS) is 9.94. The fraction of sp³-hybridized carbons (Fsp3) is 0. The predicted octanol–water partition coefficient (Wildman–Crippen LogP) is 0.0977. The molecule has 3 N–H and O–H groups in total. The van der Waals surface area contributed by atoms with Gasteiger partial charge in [0.1, 0.15) is 5.75 Å². The van der Waals surface area contributed by atoms with Crippen molar-refractivity contribution in [3.63, 3.8) is 0 Å². The largest absolute Gasteiger partial charge is 0.507 e. The van der Waals surface area contributed by atoms with Crippen molar-refractivity contribution in [2.24, 2.45) is 5.84 Å². The summed E-state index contributed by atoms with van der Waals surface area (Å²) in [5.74, 6) is 5.00. The Morgan fingerprint density at radius 1 is 1.29 bits per heavy atom. The number of amides is 1. The zero-order valence-corrected chi connectivity index (χ0v) is 8.69. The van der Waals surface area contributed by atoms with Gasteiger partial charge >= 0.3 is 0 Å². The summed E-state index contributed by atoms with van der Waals surface area (Å²) in [6.45, 7) is 0. The molecule has 0 aliphatic heterocycles. The Morgan fingerprint density at radius 2 is 2.06 bits per heavy atom. The fourth-order valence-corrected chi connectivity index (χ4v) is 1.25. The first-order valence-corrected chi connectivity index (χ1v) is 4.71. The highest BCUT2D eigenvalue weighted by molar-refractivity contribution is 6.06. The summed E-state index contributed by atoms with van der Waals surface area (Å²) in [5, 5.41) is 20.8. The Labute approximate surface area is 96.5 Å². The number of carbonyl (C=O) groups excluding carboxylic acids is 1. The number of benzene rings is 1. The number of carbonyl (C=O) groups is 1. The van der Waals surface area contributed by atoms with E-state index in [0.29, 0.717) is 0 Å². The fourth-order valence-electron chi connectivity index (χ4n) is 1.25. The molecule has 0 aliphatic carbocycles. The first-order valence-electron chi connectivity index (χ1n) is 4.71. The van der Waals surface area contributed by atoms with Crippen molar-refractivity contribution >= 4 is 11.7 Å². The van der Waals surface area contributed by atoms with Crippen LogP contribution in [0.5, 0.6) is 5.75 Å². The van der Waals surface area contributed by atoms with Crippen molar-refractivity contribution in [3.8, 4) is 5.75 Å². The number of nitrogens with two attached hydrogens (primary N) is 1. The number of para-hydroxylation sites is 1. The standard InChI is InChI=1S/C10H9N5O2/c11-15(9-5-6-12-14-13-9)10(17)7-3-1-2-4-8(7)16/h1-6,16H,11H2. The van der Waals surface area contributed by atoms with Crippen LogP contribution in [0.15, 0.2) is 36.5 Å². The van der Waals surface area contributed by atoms with Crippen LogP contribution in [0.4, 0.5) is 5.82 Å². The molecule has 0 saturated carbocycles. The number of rotatable bonds is 2. The van der Waals surface area contributed by atoms with E-state index in [1.165, 1.54) is 24.4 Å². The van der Waals surface area contributed by atoms with Crippen LogP contribution in [0.1, 0.15) is 10.4 Å². The second-order valence-corrected chi connectivity index (χ2v) is 3.17. The van der Waals surface area contributed by atoms with E-state index in [4.69, 9.17) is 5.84 Å². The zero-order chi connectivity index (χ0) is 12.3. The molecule has 2 aromatic rings. The Balaban J connectivity index is 2.30. The second kappa shape index (κ2) is 4.54. The van der Waals surface area contributed by atoms with E-state index in [1.54, 1.807) is 12.1 Å². The van der Waals surface area contributed by atoms with E-state index < -0.39 is 5.91 Å². The molecule has 2 rings (SSSR count). The van der Waals surface area contributed by atoms with Gasteiger partial charge in [-0.05, 0) is 17.3 Å². The highest BCUT2D eigenvalue weighted by Crippen LogP contribution is 2.18. The quantitative estimate of drug-likeness (QED) is 0.431. The van der Waals surface area contributed by atoms with Gasteiger partial charge in [0.15, 0.2) is 5.82 Å². The molecule has 7 nitrogen and oxygen atoms in total. The maximum Gasteiger partial charge on any atom is 0.277 e. The Hall–Kier alpha value is -2.54. The molecule has 1 aromatic carbocycles. The third-order valence-corrected chi connectivity index (χ3v) is 2.09. The van der Waals surface area contributed by atoms with E-state index in [9.17, 15) is 9.90 Å². The van der Waals surface area contributed by atoms with E-state index in [2.05, 4.69) is 15.4 Å². The Bertz CT molecular complexity index is 531. The summed E-state index contributed by atoms with van der Waals surface area (Å²) in [6, 6.07) is 7.54. The van der Waals surface area contributed by atoms with Gasteiger partial charge in [-0.15, -0.1) is 10.2 Å². The molecule has 0 radical (unpaired) electrons. The van der Waals surface area contributed by atoms with Gasteiger partial charge in [0.25, 0.3) is 5.91 Å². The number of aromatic nitrogens is 3. The van der Waals surface area contributed by atoms with Gasteiger partial charge in [-0.3, -0.25) is 4.79 Å². The van der Waals surface area contributed by atoms with Crippen molar-refractivity contribution < 1.29 is 9.90 Å². The van der Waals surface area contributed by atoms with Crippen molar-refractivity contribution in [3.05, 3.63) is 42.1 Å². The third kappa shape index (κ3) is 2.18. The number of aromatic hydroxyl groups is 1. The Morgan fingerprint density at radius 3 is 2.71 bits per heavy atom. The van der Waals surface area contributed by atoms with Crippen molar-refractivity contribution in [2.45, 2.75) is 0 Å². The molecule has 0 aliphatic rings. The lowest BCUT2D eigenvalue weighted by atomic mass is 10.2. The highest BCUT2D eigenvalue weighted by Gasteiger charge is 2.18. The highest BCUT2D eigenvalue weighted by atomic mass is 16.3. The minimum absolute atomic E-state index is 0.0913. The number of phenols is 1. The summed E-state index contributed by atoms with van der Waals surface area (Å²) in [6.07, 6.45) is 1.36. The van der Waals surface area contributed by atoms with Crippen molar-refractivity contribution in [1.82, 2.24) is 15.4 Å². The van der Waals surface area contributed by atoms with Crippen LogP contribution in [-0.2, 0) is 0 Å². The van der Waals surface area contributed by atoms with Crippen LogP contribution in [0.3, 0.4) is 0 Å². The molecule has 1 heterocycles. The summed E-state index contributed by atoms with van der Waals surface area (Å²) in [4.78, 5) is 11.9. The van der Waals surface area contributed by atoms with Gasteiger partial charge < -0.3 is 5.11 Å². The average molecular weight is 231 g/mol. The topological polar surface area (TPSA) is 105 Å². The lowest BCUT2D eigenvalue weighted by molar-refractivity contribution is 0.0983. The molecule has 86 valence electrons. The summed E-state index contributed by atoms with van der Waals surface area (Å²) < 4.78 is 0. The SMILES string of the molecule is NN(C(=O)c1ccccc1O)c1ccnnn1. The van der Waals surface area contributed by atoms with Gasteiger partial charge in [-0.25, -0.2) is 10.9 Å². The minimum Gasteiger partial charge on any atom is -0.507 e. The maximum absolute atomic E-state index is 11.9. The molecule has 7 heteroatoms. The number of phenolic OH excluding ortho intramolecular Hbond substituents is 1. The zero-order valence-electron chi connectivity index (χ0n) is 8.69. The molecule has 0 saturated heterocycles. The third-order valence-electron chi connectivity index (χ3n) is 2.09. The number of hydrogen-bond acceptors (Lipinski definition) is 6. The molecular weight excluding hydrogens is 222 g/mol. The first kappa shape index (κ1) is 11.0. The first-order chi connectivity index (χ1) is 8.20. The van der Waals surface area contributed by atoms with Gasteiger partial charge in [-0.2, -0.15) is 0 Å². The molecule has 17 heavy (non-hydrogen) atoms. The molecule has 0 fully saturated rings. The molecule has 1 aromatic heterocycles. The number of hydrazine groups is 1. The number of anilines is 1. The molecule has 0 bridgehead atoms. The minimum atomic E-state index is -0.580. The Kier molecular flexibility index (Phi) is 2.93. The summed E-state index contributed by atoms with van der Waals surface area (Å²) in [5.41, 5.74) is 0.0913. The second-order valence-electron chi connectivity index (χ2n) is 3.17. The van der Waals surface area contributed by atoms with E-state index in [-0.39, 0.29) is 17.1 Å². The average Bonchev–Trinajstić information content (AvgIpc) is 2.39. The van der Waals surface area contributed by atoms with Gasteiger partial charge in [0.2, 0.25) is 0 Å². The molecular formula is C10H9N5O2. The molecule has 0 spiro atoms. The molecule has 0 atom stereocenters. The van der Waals surface area contributed by atoms with E-state index >= 15 is 0 Å². The van der Waals surface area contributed by atoms with Crippen LogP contribution in [0.25, 0.3) is 0 Å². The summed E-state index contributed by atoms with van der Waals surface area (Å²) >= 11 is 0. The number of hydrogen-bond donors (Lipinski definition) is 2. The monoisotopic (exact) mass is 231 g/mol. The van der Waals surface area contributed by atoms with Crippen LogP contribution in [0, 0.1) is 0 Å². The lowest BCUT2D eigenvalue weighted by Gasteiger charge is -2.14. The van der Waals surface area contributed by atoms with Crippen LogP contribution < -0.4 is 10.9 Å². The van der Waals surface area contributed by atoms with Crippen LogP contribution >= 0.6 is 0 Å². The maximum atomic E-state index is 11.9. The van der Waals surface area contributed by atoms with E-state index in [0.717, 1.165) is 5.01 Å². The van der Waals surface area contributed by atoms with Crippen LogP contribution in [0.2, 0.25) is 0 Å². The van der Waals surface area contributed by atoms with Gasteiger partial charge in [-0.1, -0.05) is 12.1 Å². The van der Waals surface area contributed by atoms with Gasteiger partial charge in [0, 0.05) is 6.07 Å². The predicted molar refractivity (Wildman–Crippen MR) is 58.9 cm³/mol. The van der Waals surface area contributed by atoms with Gasteiger partial charge in [0.05, 0.1) is 11.8 Å². The number of nitrogens with zero attached hydrogens (tertiary/aromatic N) is 4. The lowest BCUT2D eigenvalue weighted by Crippen LogP contribution is -2.38.